The zero-order valence-corrected chi connectivity index (χ0v) is 13.1. The molecule has 0 heterocycles. The first-order valence-electron chi connectivity index (χ1n) is 6.70. The van der Waals surface area contributed by atoms with Gasteiger partial charge in [-0.3, -0.25) is 14.8 Å². The summed E-state index contributed by atoms with van der Waals surface area (Å²) in [5, 5.41) is 10.9. The number of hydrogen-bond acceptors (Lipinski definition) is 4. The Bertz CT molecular complexity index is 799. The number of rotatable bonds is 5. The number of nitro benzene ring substituents is 1. The zero-order chi connectivity index (χ0) is 16.3. The van der Waals surface area contributed by atoms with E-state index in [1.54, 1.807) is 19.1 Å². The maximum Gasteiger partial charge on any atom is 0.274 e. The molecule has 0 aliphatic carbocycles. The highest BCUT2D eigenvalue weighted by Gasteiger charge is 2.17. The fourth-order valence-corrected chi connectivity index (χ4v) is 3.04. The van der Waals surface area contributed by atoms with Crippen LogP contribution in [-0.4, -0.2) is 13.3 Å². The minimum atomic E-state index is -3.77. The lowest BCUT2D eigenvalue weighted by Gasteiger charge is -2.09. The Morgan fingerprint density at radius 3 is 2.32 bits per heavy atom. The maximum atomic E-state index is 12.3. The third-order valence-electron chi connectivity index (χ3n) is 3.30. The number of nitro groups is 1. The van der Waals surface area contributed by atoms with E-state index in [1.807, 2.05) is 6.92 Å². The molecule has 2 aromatic carbocycles. The van der Waals surface area contributed by atoms with Gasteiger partial charge in [-0.25, -0.2) is 8.42 Å². The second-order valence-electron chi connectivity index (χ2n) is 4.86. The molecule has 0 spiro atoms. The number of hydrogen-bond donors (Lipinski definition) is 1. The van der Waals surface area contributed by atoms with Crippen molar-refractivity contribution in [1.82, 2.24) is 0 Å². The first kappa shape index (κ1) is 16.0. The fraction of sp³-hybridized carbons (Fsp3) is 0.200. The maximum absolute atomic E-state index is 12.3. The number of benzene rings is 2. The van der Waals surface area contributed by atoms with Crippen molar-refractivity contribution in [3.63, 3.8) is 0 Å². The molecule has 0 aromatic heterocycles. The number of sulfonamides is 1. The third-order valence-corrected chi connectivity index (χ3v) is 4.70. The number of nitrogens with one attached hydrogen (secondary N) is 1. The summed E-state index contributed by atoms with van der Waals surface area (Å²) in [6.07, 6.45) is 0.817. The Hall–Kier alpha value is -2.41. The van der Waals surface area contributed by atoms with Gasteiger partial charge in [0.25, 0.3) is 15.7 Å². The minimum Gasteiger partial charge on any atom is -0.279 e. The lowest BCUT2D eigenvalue weighted by atomic mass is 10.2. The Balaban J connectivity index is 2.32. The molecule has 0 atom stereocenters. The van der Waals surface area contributed by atoms with Gasteiger partial charge in [0.05, 0.1) is 15.5 Å². The monoisotopic (exact) mass is 320 g/mol. The smallest absolute Gasteiger partial charge is 0.274 e. The summed E-state index contributed by atoms with van der Waals surface area (Å²) < 4.78 is 26.9. The van der Waals surface area contributed by atoms with Crippen LogP contribution >= 0.6 is 0 Å². The molecule has 2 aromatic rings. The van der Waals surface area contributed by atoms with Gasteiger partial charge in [0.15, 0.2) is 0 Å². The SMILES string of the molecule is CCc1ccc(S(=O)(=O)Nc2ccc(C)c([N+](=O)[O-])c2)cc1. The van der Waals surface area contributed by atoms with Gasteiger partial charge in [0.2, 0.25) is 0 Å². The van der Waals surface area contributed by atoms with Crippen LogP contribution in [0, 0.1) is 17.0 Å². The second-order valence-corrected chi connectivity index (χ2v) is 6.54. The van der Waals surface area contributed by atoms with Crippen LogP contribution in [0.1, 0.15) is 18.1 Å². The largest absolute Gasteiger partial charge is 0.279 e. The number of aryl methyl sites for hydroxylation is 2. The standard InChI is InChI=1S/C15H16N2O4S/c1-3-12-5-8-14(9-6-12)22(20,21)16-13-7-4-11(2)15(10-13)17(18)19/h4-10,16H,3H2,1-2H3. The average Bonchev–Trinajstić information content (AvgIpc) is 2.48. The number of nitrogens with zero attached hydrogens (tertiary/aromatic N) is 1. The predicted molar refractivity (Wildman–Crippen MR) is 84.5 cm³/mol. The van der Waals surface area contributed by atoms with Crippen LogP contribution in [0.25, 0.3) is 0 Å². The van der Waals surface area contributed by atoms with E-state index in [4.69, 9.17) is 0 Å². The molecule has 6 nitrogen and oxygen atoms in total. The summed E-state index contributed by atoms with van der Waals surface area (Å²) in [7, 11) is -3.77. The van der Waals surface area contributed by atoms with E-state index in [9.17, 15) is 18.5 Å². The molecule has 0 aliphatic rings. The summed E-state index contributed by atoms with van der Waals surface area (Å²) in [4.78, 5) is 10.5. The predicted octanol–water partition coefficient (Wildman–Crippen LogP) is 3.27. The van der Waals surface area contributed by atoms with Gasteiger partial charge in [-0.05, 0) is 37.1 Å². The topological polar surface area (TPSA) is 89.3 Å². The van der Waals surface area contributed by atoms with E-state index >= 15 is 0 Å². The molecule has 0 radical (unpaired) electrons. The van der Waals surface area contributed by atoms with Gasteiger partial charge < -0.3 is 0 Å². The molecule has 0 amide bonds. The quantitative estimate of drug-likeness (QED) is 0.676. The van der Waals surface area contributed by atoms with Gasteiger partial charge in [0.1, 0.15) is 0 Å². The van der Waals surface area contributed by atoms with Gasteiger partial charge >= 0.3 is 0 Å². The molecular weight excluding hydrogens is 304 g/mol. The molecule has 1 N–H and O–H groups in total. The van der Waals surface area contributed by atoms with Crippen LogP contribution in [0.5, 0.6) is 0 Å². The van der Waals surface area contributed by atoms with Crippen LogP contribution in [0.3, 0.4) is 0 Å². The molecule has 0 bridgehead atoms. The lowest BCUT2D eigenvalue weighted by molar-refractivity contribution is -0.385. The average molecular weight is 320 g/mol. The Kier molecular flexibility index (Phi) is 4.46. The van der Waals surface area contributed by atoms with E-state index in [1.165, 1.54) is 30.3 Å². The van der Waals surface area contributed by atoms with E-state index in [-0.39, 0.29) is 16.3 Å². The molecule has 0 aliphatic heterocycles. The Labute approximate surface area is 129 Å². The van der Waals surface area contributed by atoms with Crippen molar-refractivity contribution in [3.8, 4) is 0 Å². The third kappa shape index (κ3) is 3.43. The molecule has 0 saturated carbocycles. The van der Waals surface area contributed by atoms with Gasteiger partial charge in [-0.1, -0.05) is 25.1 Å². The van der Waals surface area contributed by atoms with Crippen molar-refractivity contribution in [2.45, 2.75) is 25.2 Å². The molecule has 22 heavy (non-hydrogen) atoms. The molecule has 0 fully saturated rings. The van der Waals surface area contributed by atoms with Crippen LogP contribution in [0.4, 0.5) is 11.4 Å². The summed E-state index contributed by atoms with van der Waals surface area (Å²) in [6, 6.07) is 10.7. The summed E-state index contributed by atoms with van der Waals surface area (Å²) in [6.45, 7) is 3.58. The Morgan fingerprint density at radius 2 is 1.77 bits per heavy atom. The molecule has 2 rings (SSSR count). The Morgan fingerprint density at radius 1 is 1.14 bits per heavy atom. The highest BCUT2D eigenvalue weighted by molar-refractivity contribution is 7.92. The first-order chi connectivity index (χ1) is 10.3. The summed E-state index contributed by atoms with van der Waals surface area (Å²) in [5.74, 6) is 0. The second kappa shape index (κ2) is 6.15. The van der Waals surface area contributed by atoms with E-state index in [0.717, 1.165) is 12.0 Å². The number of anilines is 1. The van der Waals surface area contributed by atoms with Crippen molar-refractivity contribution in [2.24, 2.45) is 0 Å². The van der Waals surface area contributed by atoms with Crippen molar-refractivity contribution >= 4 is 21.4 Å². The van der Waals surface area contributed by atoms with Gasteiger partial charge in [-0.2, -0.15) is 0 Å². The van der Waals surface area contributed by atoms with E-state index in [0.29, 0.717) is 5.56 Å². The van der Waals surface area contributed by atoms with Crippen LogP contribution < -0.4 is 4.72 Å². The van der Waals surface area contributed by atoms with E-state index < -0.39 is 14.9 Å². The normalized spacial score (nSPS) is 11.2. The van der Waals surface area contributed by atoms with Crippen molar-refractivity contribution < 1.29 is 13.3 Å². The van der Waals surface area contributed by atoms with Crippen LogP contribution in [0.2, 0.25) is 0 Å². The van der Waals surface area contributed by atoms with E-state index in [2.05, 4.69) is 4.72 Å². The first-order valence-corrected chi connectivity index (χ1v) is 8.18. The van der Waals surface area contributed by atoms with Gasteiger partial charge in [-0.15, -0.1) is 0 Å². The molecule has 0 saturated heterocycles. The molecule has 7 heteroatoms. The van der Waals surface area contributed by atoms with Crippen molar-refractivity contribution in [3.05, 3.63) is 63.7 Å². The fourth-order valence-electron chi connectivity index (χ4n) is 1.99. The van der Waals surface area contributed by atoms with Crippen LogP contribution in [-0.2, 0) is 16.4 Å². The summed E-state index contributed by atoms with van der Waals surface area (Å²) >= 11 is 0. The highest BCUT2D eigenvalue weighted by Crippen LogP contribution is 2.24. The molecule has 0 unspecified atom stereocenters. The van der Waals surface area contributed by atoms with Crippen molar-refractivity contribution in [1.29, 1.82) is 0 Å². The zero-order valence-electron chi connectivity index (χ0n) is 12.2. The minimum absolute atomic E-state index is 0.118. The van der Waals surface area contributed by atoms with Crippen LogP contribution in [0.15, 0.2) is 47.4 Å². The highest BCUT2D eigenvalue weighted by atomic mass is 32.2. The molecular formula is C15H16N2O4S. The lowest BCUT2D eigenvalue weighted by Crippen LogP contribution is -2.13. The van der Waals surface area contributed by atoms with Gasteiger partial charge in [0, 0.05) is 11.6 Å². The summed E-state index contributed by atoms with van der Waals surface area (Å²) in [5.41, 5.74) is 1.54. The van der Waals surface area contributed by atoms with Crippen molar-refractivity contribution in [2.75, 3.05) is 4.72 Å². The molecule has 116 valence electrons.